The Kier molecular flexibility index (Phi) is 4.53. The SMILES string of the molecule is CC1CCC(C(C)C)C(OC2CC(Br)C23CCCC3)C1. The third-order valence-corrected chi connectivity index (χ3v) is 7.81. The second-order valence-corrected chi connectivity index (χ2v) is 9.24. The average Bonchev–Trinajstić information content (AvgIpc) is 2.90. The van der Waals surface area contributed by atoms with Crippen LogP contribution in [0.5, 0.6) is 0 Å². The fourth-order valence-corrected chi connectivity index (χ4v) is 6.13. The number of ether oxygens (including phenoxy) is 1. The van der Waals surface area contributed by atoms with Crippen LogP contribution in [-0.4, -0.2) is 17.0 Å². The zero-order valence-electron chi connectivity index (χ0n) is 13.4. The van der Waals surface area contributed by atoms with Crippen molar-refractivity contribution in [1.29, 1.82) is 0 Å². The molecule has 1 nitrogen and oxygen atoms in total. The highest BCUT2D eigenvalue weighted by Crippen LogP contribution is 2.58. The molecule has 0 N–H and O–H groups in total. The quantitative estimate of drug-likeness (QED) is 0.610. The summed E-state index contributed by atoms with van der Waals surface area (Å²) in [5.74, 6) is 2.42. The third kappa shape index (κ3) is 2.60. The van der Waals surface area contributed by atoms with E-state index in [1.807, 2.05) is 0 Å². The molecule has 0 amide bonds. The summed E-state index contributed by atoms with van der Waals surface area (Å²) in [7, 11) is 0. The molecule has 3 aliphatic carbocycles. The summed E-state index contributed by atoms with van der Waals surface area (Å²) < 4.78 is 6.75. The summed E-state index contributed by atoms with van der Waals surface area (Å²) in [6.07, 6.45) is 12.0. The molecule has 3 saturated carbocycles. The van der Waals surface area contributed by atoms with Crippen LogP contribution >= 0.6 is 15.9 Å². The number of hydrogen-bond donors (Lipinski definition) is 0. The minimum absolute atomic E-state index is 0.502. The van der Waals surface area contributed by atoms with Gasteiger partial charge in [-0.2, -0.15) is 0 Å². The molecular weight excluding hydrogens is 312 g/mol. The summed E-state index contributed by atoms with van der Waals surface area (Å²) in [6, 6.07) is 0. The van der Waals surface area contributed by atoms with Gasteiger partial charge in [0.15, 0.2) is 0 Å². The van der Waals surface area contributed by atoms with Crippen LogP contribution in [0.4, 0.5) is 0 Å². The van der Waals surface area contributed by atoms with Gasteiger partial charge in [0.05, 0.1) is 12.2 Å². The van der Waals surface area contributed by atoms with E-state index in [4.69, 9.17) is 4.74 Å². The van der Waals surface area contributed by atoms with Crippen molar-refractivity contribution in [3.8, 4) is 0 Å². The van der Waals surface area contributed by atoms with Crippen molar-refractivity contribution in [2.24, 2.45) is 23.2 Å². The van der Waals surface area contributed by atoms with E-state index in [2.05, 4.69) is 36.7 Å². The van der Waals surface area contributed by atoms with Crippen molar-refractivity contribution >= 4 is 15.9 Å². The molecule has 0 saturated heterocycles. The van der Waals surface area contributed by atoms with Gasteiger partial charge in [-0.15, -0.1) is 0 Å². The monoisotopic (exact) mass is 342 g/mol. The summed E-state index contributed by atoms with van der Waals surface area (Å²) in [4.78, 5) is 0.723. The minimum atomic E-state index is 0.502. The molecule has 0 bridgehead atoms. The van der Waals surface area contributed by atoms with E-state index in [9.17, 15) is 0 Å². The lowest BCUT2D eigenvalue weighted by Crippen LogP contribution is -2.56. The molecule has 0 aromatic carbocycles. The Labute approximate surface area is 133 Å². The van der Waals surface area contributed by atoms with Crippen LogP contribution in [0.3, 0.4) is 0 Å². The molecule has 5 atom stereocenters. The van der Waals surface area contributed by atoms with E-state index in [1.54, 1.807) is 0 Å². The van der Waals surface area contributed by atoms with E-state index in [-0.39, 0.29) is 0 Å². The number of hydrogen-bond acceptors (Lipinski definition) is 1. The molecule has 0 radical (unpaired) electrons. The van der Waals surface area contributed by atoms with E-state index in [0.29, 0.717) is 17.6 Å². The normalized spacial score (nSPS) is 44.0. The molecular formula is C18H31BrO. The van der Waals surface area contributed by atoms with Gasteiger partial charge in [-0.3, -0.25) is 0 Å². The fourth-order valence-electron chi connectivity index (χ4n) is 5.04. The maximum atomic E-state index is 6.75. The summed E-state index contributed by atoms with van der Waals surface area (Å²) >= 11 is 3.93. The van der Waals surface area contributed by atoms with Crippen molar-refractivity contribution in [2.45, 2.75) is 89.2 Å². The van der Waals surface area contributed by atoms with Crippen molar-refractivity contribution in [3.63, 3.8) is 0 Å². The molecule has 0 aromatic heterocycles. The molecule has 0 aliphatic heterocycles. The van der Waals surface area contributed by atoms with E-state index in [0.717, 1.165) is 22.6 Å². The predicted molar refractivity (Wildman–Crippen MR) is 88.2 cm³/mol. The van der Waals surface area contributed by atoms with Crippen molar-refractivity contribution in [1.82, 2.24) is 0 Å². The number of alkyl halides is 1. The van der Waals surface area contributed by atoms with Crippen LogP contribution in [0.25, 0.3) is 0 Å². The van der Waals surface area contributed by atoms with Crippen LogP contribution in [-0.2, 0) is 4.74 Å². The molecule has 0 heterocycles. The zero-order valence-corrected chi connectivity index (χ0v) is 15.0. The van der Waals surface area contributed by atoms with Gasteiger partial charge < -0.3 is 4.74 Å². The minimum Gasteiger partial charge on any atom is -0.374 e. The molecule has 3 aliphatic rings. The smallest absolute Gasteiger partial charge is 0.0656 e. The maximum Gasteiger partial charge on any atom is 0.0656 e. The molecule has 1 spiro atoms. The zero-order chi connectivity index (χ0) is 14.3. The van der Waals surface area contributed by atoms with Crippen LogP contribution < -0.4 is 0 Å². The maximum absolute atomic E-state index is 6.75. The summed E-state index contributed by atoms with van der Waals surface area (Å²) in [5, 5.41) is 0. The van der Waals surface area contributed by atoms with E-state index in [1.165, 1.54) is 51.4 Å². The Morgan fingerprint density at radius 3 is 2.40 bits per heavy atom. The van der Waals surface area contributed by atoms with Gasteiger partial charge in [-0.05, 0) is 49.9 Å². The van der Waals surface area contributed by atoms with Gasteiger partial charge in [-0.1, -0.05) is 56.0 Å². The Hall–Kier alpha value is 0.440. The molecule has 3 rings (SSSR count). The van der Waals surface area contributed by atoms with Crippen molar-refractivity contribution in [3.05, 3.63) is 0 Å². The van der Waals surface area contributed by atoms with Crippen molar-refractivity contribution in [2.75, 3.05) is 0 Å². The highest BCUT2D eigenvalue weighted by atomic mass is 79.9. The molecule has 0 aromatic rings. The van der Waals surface area contributed by atoms with Gasteiger partial charge >= 0.3 is 0 Å². The number of halogens is 1. The standard InChI is InChI=1S/C18H31BrO/c1-12(2)14-7-6-13(3)10-15(14)20-17-11-16(19)18(17)8-4-5-9-18/h12-17H,4-11H2,1-3H3. The van der Waals surface area contributed by atoms with Gasteiger partial charge in [0.1, 0.15) is 0 Å². The van der Waals surface area contributed by atoms with Gasteiger partial charge in [-0.25, -0.2) is 0 Å². The first-order valence-electron chi connectivity index (χ1n) is 8.82. The molecule has 116 valence electrons. The molecule has 20 heavy (non-hydrogen) atoms. The highest BCUT2D eigenvalue weighted by Gasteiger charge is 2.56. The van der Waals surface area contributed by atoms with Gasteiger partial charge in [0.2, 0.25) is 0 Å². The lowest BCUT2D eigenvalue weighted by Gasteiger charge is -2.54. The summed E-state index contributed by atoms with van der Waals surface area (Å²) in [5.41, 5.74) is 0.502. The largest absolute Gasteiger partial charge is 0.374 e. The highest BCUT2D eigenvalue weighted by molar-refractivity contribution is 9.09. The lowest BCUT2D eigenvalue weighted by atomic mass is 9.64. The predicted octanol–water partition coefficient (Wildman–Crippen LogP) is 5.56. The molecule has 5 unspecified atom stereocenters. The Morgan fingerprint density at radius 2 is 1.80 bits per heavy atom. The average molecular weight is 343 g/mol. The lowest BCUT2D eigenvalue weighted by molar-refractivity contribution is -0.165. The van der Waals surface area contributed by atoms with Crippen LogP contribution in [0, 0.1) is 23.2 Å². The van der Waals surface area contributed by atoms with E-state index >= 15 is 0 Å². The second-order valence-electron chi connectivity index (χ2n) is 8.13. The second kappa shape index (κ2) is 5.91. The molecule has 2 heteroatoms. The van der Waals surface area contributed by atoms with Crippen molar-refractivity contribution < 1.29 is 4.74 Å². The Morgan fingerprint density at radius 1 is 1.10 bits per heavy atom. The first-order valence-corrected chi connectivity index (χ1v) is 9.74. The van der Waals surface area contributed by atoms with Crippen LogP contribution in [0.1, 0.15) is 72.1 Å². The topological polar surface area (TPSA) is 9.23 Å². The third-order valence-electron chi connectivity index (χ3n) is 6.52. The van der Waals surface area contributed by atoms with Gasteiger partial charge in [0, 0.05) is 10.2 Å². The number of rotatable bonds is 3. The van der Waals surface area contributed by atoms with Crippen LogP contribution in [0.15, 0.2) is 0 Å². The summed E-state index contributed by atoms with van der Waals surface area (Å²) in [6.45, 7) is 7.18. The molecule has 3 fully saturated rings. The van der Waals surface area contributed by atoms with Crippen LogP contribution in [0.2, 0.25) is 0 Å². The first-order chi connectivity index (χ1) is 9.53. The fraction of sp³-hybridized carbons (Fsp3) is 1.00. The Bertz CT molecular complexity index is 334. The Balaban J connectivity index is 1.66. The first kappa shape index (κ1) is 15.3. The van der Waals surface area contributed by atoms with Gasteiger partial charge in [0.25, 0.3) is 0 Å². The van der Waals surface area contributed by atoms with E-state index < -0.39 is 0 Å².